The SMILES string of the molecule is COC(=O)CCc1ccccc1[P+](=O)O. The molecule has 0 spiro atoms. The Bertz CT molecular complexity index is 375. The van der Waals surface area contributed by atoms with Gasteiger partial charge in [-0.05, 0) is 17.1 Å². The summed E-state index contributed by atoms with van der Waals surface area (Å²) in [4.78, 5) is 19.9. The van der Waals surface area contributed by atoms with Crippen molar-refractivity contribution in [1.29, 1.82) is 0 Å². The van der Waals surface area contributed by atoms with Gasteiger partial charge in [-0.2, -0.15) is 4.89 Å². The number of esters is 1. The van der Waals surface area contributed by atoms with Crippen LogP contribution in [0.2, 0.25) is 0 Å². The average Bonchev–Trinajstić information content (AvgIpc) is 2.26. The molecule has 0 aromatic heterocycles. The van der Waals surface area contributed by atoms with E-state index in [0.29, 0.717) is 17.3 Å². The fourth-order valence-electron chi connectivity index (χ4n) is 1.25. The summed E-state index contributed by atoms with van der Waals surface area (Å²) < 4.78 is 15.5. The number of methoxy groups -OCH3 is 1. The van der Waals surface area contributed by atoms with Crippen molar-refractivity contribution in [3.8, 4) is 0 Å². The molecule has 4 nitrogen and oxygen atoms in total. The molecule has 1 atom stereocenters. The van der Waals surface area contributed by atoms with Gasteiger partial charge in [0.25, 0.3) is 0 Å². The summed E-state index contributed by atoms with van der Waals surface area (Å²) >= 11 is 0. The molecule has 0 aliphatic heterocycles. The average molecular weight is 227 g/mol. The van der Waals surface area contributed by atoms with Crippen LogP contribution in [0.4, 0.5) is 0 Å². The summed E-state index contributed by atoms with van der Waals surface area (Å²) in [5.74, 6) is -0.321. The van der Waals surface area contributed by atoms with Gasteiger partial charge in [0.15, 0.2) is 0 Å². The molecule has 0 radical (unpaired) electrons. The van der Waals surface area contributed by atoms with Gasteiger partial charge in [-0.25, -0.2) is 0 Å². The van der Waals surface area contributed by atoms with Crippen LogP contribution in [0.15, 0.2) is 24.3 Å². The lowest BCUT2D eigenvalue weighted by Gasteiger charge is -1.99. The Morgan fingerprint density at radius 1 is 1.47 bits per heavy atom. The first kappa shape index (κ1) is 11.8. The highest BCUT2D eigenvalue weighted by Gasteiger charge is 2.20. The van der Waals surface area contributed by atoms with Gasteiger partial charge in [0.1, 0.15) is 0 Å². The van der Waals surface area contributed by atoms with E-state index in [0.717, 1.165) is 0 Å². The van der Waals surface area contributed by atoms with E-state index in [1.165, 1.54) is 7.11 Å². The Balaban J connectivity index is 2.76. The largest absolute Gasteiger partial charge is 0.546 e. The first-order valence-electron chi connectivity index (χ1n) is 4.46. The number of benzene rings is 1. The highest BCUT2D eigenvalue weighted by Crippen LogP contribution is 2.17. The second-order valence-electron chi connectivity index (χ2n) is 2.98. The van der Waals surface area contributed by atoms with Gasteiger partial charge in [0.2, 0.25) is 5.30 Å². The van der Waals surface area contributed by atoms with Crippen molar-refractivity contribution in [2.75, 3.05) is 7.11 Å². The van der Waals surface area contributed by atoms with Crippen LogP contribution >= 0.6 is 8.03 Å². The molecule has 15 heavy (non-hydrogen) atoms. The van der Waals surface area contributed by atoms with E-state index in [2.05, 4.69) is 4.74 Å². The van der Waals surface area contributed by atoms with E-state index in [4.69, 9.17) is 4.89 Å². The zero-order valence-corrected chi connectivity index (χ0v) is 9.24. The molecule has 0 aliphatic carbocycles. The molecule has 1 aromatic rings. The first-order valence-corrected chi connectivity index (χ1v) is 5.67. The van der Waals surface area contributed by atoms with Crippen LogP contribution in [-0.4, -0.2) is 18.0 Å². The number of carbonyl (C=O) groups excluding carboxylic acids is 1. The molecule has 5 heteroatoms. The Labute approximate surface area is 88.8 Å². The third-order valence-electron chi connectivity index (χ3n) is 2.02. The molecule has 1 N–H and O–H groups in total. The molecule has 80 valence electrons. The monoisotopic (exact) mass is 227 g/mol. The molecule has 1 aromatic carbocycles. The lowest BCUT2D eigenvalue weighted by atomic mass is 10.1. The van der Waals surface area contributed by atoms with E-state index in [-0.39, 0.29) is 12.4 Å². The summed E-state index contributed by atoms with van der Waals surface area (Å²) in [6.07, 6.45) is 0.640. The van der Waals surface area contributed by atoms with Crippen LogP contribution < -0.4 is 5.30 Å². The maximum Gasteiger partial charge on any atom is 0.546 e. The van der Waals surface area contributed by atoms with Gasteiger partial charge in [0, 0.05) is 12.0 Å². The first-order chi connectivity index (χ1) is 7.15. The fourth-order valence-corrected chi connectivity index (χ4v) is 1.89. The van der Waals surface area contributed by atoms with Gasteiger partial charge >= 0.3 is 14.0 Å². The quantitative estimate of drug-likeness (QED) is 0.619. The third-order valence-corrected chi connectivity index (χ3v) is 2.87. The minimum atomic E-state index is -2.35. The number of hydrogen-bond donors (Lipinski definition) is 1. The Kier molecular flexibility index (Phi) is 4.40. The molecule has 0 amide bonds. The summed E-state index contributed by atoms with van der Waals surface area (Å²) in [5.41, 5.74) is 0.714. The van der Waals surface area contributed by atoms with Crippen LogP contribution in [0.25, 0.3) is 0 Å². The summed E-state index contributed by atoms with van der Waals surface area (Å²) in [6, 6.07) is 6.79. The number of aryl methyl sites for hydroxylation is 1. The van der Waals surface area contributed by atoms with E-state index in [1.54, 1.807) is 24.3 Å². The van der Waals surface area contributed by atoms with Crippen molar-refractivity contribution in [2.45, 2.75) is 12.8 Å². The van der Waals surface area contributed by atoms with Crippen LogP contribution in [0.3, 0.4) is 0 Å². The predicted molar refractivity (Wildman–Crippen MR) is 56.2 cm³/mol. The molecule has 0 aliphatic rings. The van der Waals surface area contributed by atoms with Crippen molar-refractivity contribution in [2.24, 2.45) is 0 Å². The van der Waals surface area contributed by atoms with Crippen LogP contribution in [0, 0.1) is 0 Å². The second kappa shape index (κ2) is 5.59. The normalized spacial score (nSPS) is 10.9. The number of carbonyl (C=O) groups is 1. The lowest BCUT2D eigenvalue weighted by molar-refractivity contribution is -0.140. The van der Waals surface area contributed by atoms with Crippen molar-refractivity contribution < 1.29 is 19.0 Å². The minimum Gasteiger partial charge on any atom is -0.469 e. The van der Waals surface area contributed by atoms with Gasteiger partial charge in [-0.15, -0.1) is 0 Å². The number of hydrogen-bond acceptors (Lipinski definition) is 3. The summed E-state index contributed by atoms with van der Waals surface area (Å²) in [5, 5.41) is 0.386. The van der Waals surface area contributed by atoms with Gasteiger partial charge < -0.3 is 4.74 Å². The van der Waals surface area contributed by atoms with Crippen LogP contribution in [0.5, 0.6) is 0 Å². The van der Waals surface area contributed by atoms with Crippen molar-refractivity contribution in [1.82, 2.24) is 0 Å². The van der Waals surface area contributed by atoms with Crippen molar-refractivity contribution in [3.63, 3.8) is 0 Å². The van der Waals surface area contributed by atoms with E-state index in [1.807, 2.05) is 0 Å². The topological polar surface area (TPSA) is 63.6 Å². The molecular formula is C10H12O4P+. The van der Waals surface area contributed by atoms with E-state index in [9.17, 15) is 9.36 Å². The highest BCUT2D eigenvalue weighted by molar-refractivity contribution is 7.47. The highest BCUT2D eigenvalue weighted by atomic mass is 31.1. The molecule has 1 unspecified atom stereocenters. The molecule has 0 fully saturated rings. The summed E-state index contributed by atoms with van der Waals surface area (Å²) in [6.45, 7) is 0. The molecule has 0 heterocycles. The predicted octanol–water partition coefficient (Wildman–Crippen LogP) is 1.15. The minimum absolute atomic E-state index is 0.219. The third kappa shape index (κ3) is 3.42. The van der Waals surface area contributed by atoms with Gasteiger partial charge in [0.05, 0.1) is 7.11 Å². The van der Waals surface area contributed by atoms with E-state index >= 15 is 0 Å². The van der Waals surface area contributed by atoms with Crippen molar-refractivity contribution >= 4 is 19.3 Å². The molecule has 0 bridgehead atoms. The zero-order valence-electron chi connectivity index (χ0n) is 8.34. The van der Waals surface area contributed by atoms with Crippen LogP contribution in [-0.2, 0) is 20.5 Å². The molecule has 0 saturated carbocycles. The van der Waals surface area contributed by atoms with Crippen molar-refractivity contribution in [3.05, 3.63) is 29.8 Å². The summed E-state index contributed by atoms with van der Waals surface area (Å²) in [7, 11) is -1.03. The number of rotatable bonds is 4. The molecule has 1 rings (SSSR count). The standard InChI is InChI=1S/C10H11O4P/c1-14-10(11)7-6-8-4-2-3-5-9(8)15(12)13/h2-5H,6-7H2,1H3/p+1. The Morgan fingerprint density at radius 3 is 2.73 bits per heavy atom. The van der Waals surface area contributed by atoms with Gasteiger partial charge in [-0.3, -0.25) is 4.79 Å². The maximum absolute atomic E-state index is 11.0. The molecular weight excluding hydrogens is 215 g/mol. The fraction of sp³-hybridized carbons (Fsp3) is 0.300. The van der Waals surface area contributed by atoms with E-state index < -0.39 is 8.03 Å². The van der Waals surface area contributed by atoms with Gasteiger partial charge in [-0.1, -0.05) is 18.2 Å². The Morgan fingerprint density at radius 2 is 2.13 bits per heavy atom. The lowest BCUT2D eigenvalue weighted by Crippen LogP contribution is -2.09. The Hall–Kier alpha value is -1.25. The maximum atomic E-state index is 11.0. The van der Waals surface area contributed by atoms with Crippen LogP contribution in [0.1, 0.15) is 12.0 Å². The zero-order chi connectivity index (χ0) is 11.3. The second-order valence-corrected chi connectivity index (χ2v) is 4.01. The molecule has 0 saturated heterocycles. The number of ether oxygens (including phenoxy) is 1. The smallest absolute Gasteiger partial charge is 0.469 e.